The van der Waals surface area contributed by atoms with Gasteiger partial charge in [-0.1, -0.05) is 0 Å². The lowest BCUT2D eigenvalue weighted by Gasteiger charge is -2.39. The molecule has 0 aliphatic carbocycles. The van der Waals surface area contributed by atoms with E-state index in [1.807, 2.05) is 13.8 Å². The van der Waals surface area contributed by atoms with E-state index in [9.17, 15) is 13.2 Å². The van der Waals surface area contributed by atoms with E-state index in [0.29, 0.717) is 39.1 Å². The number of ether oxygens (including phenoxy) is 2. The lowest BCUT2D eigenvalue weighted by atomic mass is 10.0. The molecule has 0 aromatic heterocycles. The molecule has 2 aliphatic rings. The second-order valence-electron chi connectivity index (χ2n) is 6.03. The highest BCUT2D eigenvalue weighted by molar-refractivity contribution is 7.86. The van der Waals surface area contributed by atoms with Gasteiger partial charge in [0, 0.05) is 26.2 Å². The van der Waals surface area contributed by atoms with E-state index in [-0.39, 0.29) is 30.6 Å². The third-order valence-corrected chi connectivity index (χ3v) is 5.98. The number of nitrogens with zero attached hydrogens (tertiary/aromatic N) is 2. The zero-order valence-electron chi connectivity index (χ0n) is 13.5. The van der Waals surface area contributed by atoms with E-state index >= 15 is 0 Å². The number of hydrogen-bond acceptors (Lipinski definition) is 5. The average molecular weight is 334 g/mol. The number of morpholine rings is 1. The first-order chi connectivity index (χ1) is 10.3. The van der Waals surface area contributed by atoms with Gasteiger partial charge in [-0.05, 0) is 33.6 Å². The van der Waals surface area contributed by atoms with Gasteiger partial charge in [0.1, 0.15) is 0 Å². The molecule has 0 saturated carbocycles. The Balaban J connectivity index is 2.06. The zero-order valence-corrected chi connectivity index (χ0v) is 14.3. The van der Waals surface area contributed by atoms with Crippen LogP contribution in [0.4, 0.5) is 0 Å². The molecule has 0 N–H and O–H groups in total. The Bertz CT molecular complexity index is 485. The Kier molecular flexibility index (Phi) is 5.81. The third kappa shape index (κ3) is 3.98. The number of piperidine rings is 1. The molecule has 128 valence electrons. The first kappa shape index (κ1) is 17.7. The SMILES string of the molecule is CCOC(=O)[C@@H]1CCCN(S(=O)(=O)N2C[C@@H](C)O[C@H](C)C2)C1. The molecule has 0 spiro atoms. The Morgan fingerprint density at radius 3 is 2.41 bits per heavy atom. The Morgan fingerprint density at radius 1 is 1.18 bits per heavy atom. The summed E-state index contributed by atoms with van der Waals surface area (Å²) in [7, 11) is -3.55. The maximum Gasteiger partial charge on any atom is 0.310 e. The van der Waals surface area contributed by atoms with Gasteiger partial charge in [0.05, 0.1) is 24.7 Å². The standard InChI is InChI=1S/C14H26N2O5S/c1-4-20-14(17)13-6-5-7-15(10-13)22(18,19)16-8-11(2)21-12(3)9-16/h11-13H,4-10H2,1-3H3/t11-,12-,13-/m1/s1. The highest BCUT2D eigenvalue weighted by Crippen LogP contribution is 2.24. The van der Waals surface area contributed by atoms with Crippen molar-refractivity contribution in [2.45, 2.75) is 45.8 Å². The number of carbonyl (C=O) groups is 1. The van der Waals surface area contributed by atoms with Crippen molar-refractivity contribution in [1.82, 2.24) is 8.61 Å². The van der Waals surface area contributed by atoms with Crippen LogP contribution in [0.25, 0.3) is 0 Å². The lowest BCUT2D eigenvalue weighted by Crippen LogP contribution is -2.55. The second-order valence-corrected chi connectivity index (χ2v) is 7.96. The van der Waals surface area contributed by atoms with Gasteiger partial charge < -0.3 is 9.47 Å². The fraction of sp³-hybridized carbons (Fsp3) is 0.929. The molecule has 0 aromatic rings. The van der Waals surface area contributed by atoms with Gasteiger partial charge in [0.25, 0.3) is 10.2 Å². The molecule has 2 aliphatic heterocycles. The van der Waals surface area contributed by atoms with Crippen LogP contribution in [0.3, 0.4) is 0 Å². The average Bonchev–Trinajstić information content (AvgIpc) is 2.46. The molecule has 2 rings (SSSR count). The first-order valence-corrected chi connectivity index (χ1v) is 9.31. The van der Waals surface area contributed by atoms with E-state index in [2.05, 4.69) is 0 Å². The minimum atomic E-state index is -3.55. The van der Waals surface area contributed by atoms with Crippen molar-refractivity contribution >= 4 is 16.2 Å². The van der Waals surface area contributed by atoms with Gasteiger partial charge >= 0.3 is 5.97 Å². The Morgan fingerprint density at radius 2 is 1.82 bits per heavy atom. The van der Waals surface area contributed by atoms with Crippen LogP contribution >= 0.6 is 0 Å². The van der Waals surface area contributed by atoms with Crippen LogP contribution < -0.4 is 0 Å². The third-order valence-electron chi connectivity index (χ3n) is 4.04. The minimum absolute atomic E-state index is 0.121. The summed E-state index contributed by atoms with van der Waals surface area (Å²) in [4.78, 5) is 11.9. The van der Waals surface area contributed by atoms with Crippen LogP contribution in [0, 0.1) is 5.92 Å². The van der Waals surface area contributed by atoms with Crippen LogP contribution in [-0.4, -0.2) is 68.0 Å². The summed E-state index contributed by atoms with van der Waals surface area (Å²) >= 11 is 0. The molecule has 2 heterocycles. The summed E-state index contributed by atoms with van der Waals surface area (Å²) in [6.07, 6.45) is 1.12. The summed E-state index contributed by atoms with van der Waals surface area (Å²) in [6, 6.07) is 0. The highest BCUT2D eigenvalue weighted by Gasteiger charge is 2.39. The molecule has 22 heavy (non-hydrogen) atoms. The number of esters is 1. The smallest absolute Gasteiger partial charge is 0.310 e. The van der Waals surface area contributed by atoms with Crippen LogP contribution in [-0.2, 0) is 24.5 Å². The molecule has 0 unspecified atom stereocenters. The van der Waals surface area contributed by atoms with E-state index in [1.54, 1.807) is 6.92 Å². The van der Waals surface area contributed by atoms with Crippen LogP contribution in [0.2, 0.25) is 0 Å². The van der Waals surface area contributed by atoms with Crippen molar-refractivity contribution in [3.8, 4) is 0 Å². The first-order valence-electron chi connectivity index (χ1n) is 7.92. The van der Waals surface area contributed by atoms with Gasteiger partial charge in [-0.2, -0.15) is 17.0 Å². The maximum absolute atomic E-state index is 12.8. The molecule has 0 radical (unpaired) electrons. The second kappa shape index (κ2) is 7.25. The molecule has 3 atom stereocenters. The maximum atomic E-state index is 12.8. The normalized spacial score (nSPS) is 31.9. The topological polar surface area (TPSA) is 76.2 Å². The molecule has 0 amide bonds. The number of rotatable bonds is 4. The monoisotopic (exact) mass is 334 g/mol. The summed E-state index contributed by atoms with van der Waals surface area (Å²) in [5.41, 5.74) is 0. The Labute approximate surface area is 132 Å². The quantitative estimate of drug-likeness (QED) is 0.704. The summed E-state index contributed by atoms with van der Waals surface area (Å²) in [5.74, 6) is -0.662. The lowest BCUT2D eigenvalue weighted by molar-refractivity contribution is -0.149. The number of carbonyl (C=O) groups excluding carboxylic acids is 1. The van der Waals surface area contributed by atoms with Crippen molar-refractivity contribution in [3.05, 3.63) is 0 Å². The van der Waals surface area contributed by atoms with Crippen LogP contribution in [0.1, 0.15) is 33.6 Å². The number of hydrogen-bond donors (Lipinski definition) is 0. The summed E-state index contributed by atoms with van der Waals surface area (Å²) in [5, 5.41) is 0. The predicted molar refractivity (Wildman–Crippen MR) is 81.4 cm³/mol. The molecular weight excluding hydrogens is 308 g/mol. The zero-order chi connectivity index (χ0) is 16.3. The van der Waals surface area contributed by atoms with Crippen molar-refractivity contribution in [3.63, 3.8) is 0 Å². The van der Waals surface area contributed by atoms with Gasteiger partial charge in [-0.15, -0.1) is 0 Å². The van der Waals surface area contributed by atoms with E-state index in [1.165, 1.54) is 8.61 Å². The van der Waals surface area contributed by atoms with E-state index < -0.39 is 10.2 Å². The summed E-state index contributed by atoms with van der Waals surface area (Å²) < 4.78 is 39.1. The van der Waals surface area contributed by atoms with Crippen LogP contribution in [0.5, 0.6) is 0 Å². The van der Waals surface area contributed by atoms with Crippen LogP contribution in [0.15, 0.2) is 0 Å². The van der Waals surface area contributed by atoms with Gasteiger partial charge in [0.15, 0.2) is 0 Å². The Hall–Kier alpha value is -0.700. The molecule has 0 bridgehead atoms. The molecule has 8 heteroatoms. The van der Waals surface area contributed by atoms with Gasteiger partial charge in [-0.25, -0.2) is 0 Å². The summed E-state index contributed by atoms with van der Waals surface area (Å²) in [6.45, 7) is 7.19. The van der Waals surface area contributed by atoms with Crippen molar-refractivity contribution in [1.29, 1.82) is 0 Å². The van der Waals surface area contributed by atoms with Crippen molar-refractivity contribution in [2.24, 2.45) is 5.92 Å². The largest absolute Gasteiger partial charge is 0.466 e. The molecular formula is C14H26N2O5S. The highest BCUT2D eigenvalue weighted by atomic mass is 32.2. The van der Waals surface area contributed by atoms with Crippen molar-refractivity contribution < 1.29 is 22.7 Å². The molecule has 2 saturated heterocycles. The fourth-order valence-corrected chi connectivity index (χ4v) is 4.94. The minimum Gasteiger partial charge on any atom is -0.466 e. The van der Waals surface area contributed by atoms with Crippen molar-refractivity contribution in [2.75, 3.05) is 32.8 Å². The fourth-order valence-electron chi connectivity index (χ4n) is 3.09. The van der Waals surface area contributed by atoms with Gasteiger partial charge in [0.2, 0.25) is 0 Å². The molecule has 2 fully saturated rings. The molecule has 0 aromatic carbocycles. The molecule has 7 nitrogen and oxygen atoms in total. The predicted octanol–water partition coefficient (Wildman–Crippen LogP) is 0.616. The van der Waals surface area contributed by atoms with E-state index in [0.717, 1.165) is 0 Å². The van der Waals surface area contributed by atoms with Gasteiger partial charge in [-0.3, -0.25) is 4.79 Å². The van der Waals surface area contributed by atoms with E-state index in [4.69, 9.17) is 9.47 Å².